The van der Waals surface area contributed by atoms with Gasteiger partial charge in [-0.2, -0.15) is 0 Å². The molecule has 2 nitrogen and oxygen atoms in total. The number of hydrogen-bond donors (Lipinski definition) is 1. The summed E-state index contributed by atoms with van der Waals surface area (Å²) in [5, 5.41) is 3.00. The average molecular weight is 300 g/mol. The molecule has 1 aliphatic rings. The highest BCUT2D eigenvalue weighted by Gasteiger charge is 2.26. The first kappa shape index (κ1) is 12.6. The second kappa shape index (κ2) is 5.17. The molecule has 1 aliphatic carbocycles. The normalized spacial score (nSPS) is 23.7. The molecule has 1 saturated carbocycles. The fourth-order valence-corrected chi connectivity index (χ4v) is 2.93. The van der Waals surface area contributed by atoms with Crippen molar-refractivity contribution in [2.45, 2.75) is 37.1 Å². The Balaban J connectivity index is 2.09. The van der Waals surface area contributed by atoms with Gasteiger partial charge in [0.1, 0.15) is 5.82 Å². The summed E-state index contributed by atoms with van der Waals surface area (Å²) < 4.78 is 12.9. The van der Waals surface area contributed by atoms with Gasteiger partial charge in [-0.3, -0.25) is 4.79 Å². The number of benzene rings is 1. The molecular formula is C13H15BrFNO. The number of carbonyl (C=O) groups excluding carboxylic acids is 1. The van der Waals surface area contributed by atoms with Crippen LogP contribution in [0.5, 0.6) is 0 Å². The van der Waals surface area contributed by atoms with Crippen molar-refractivity contribution in [2.24, 2.45) is 0 Å². The maximum absolute atomic E-state index is 12.9. The van der Waals surface area contributed by atoms with Gasteiger partial charge in [-0.15, -0.1) is 0 Å². The first-order valence-corrected chi connectivity index (χ1v) is 6.70. The Morgan fingerprint density at radius 1 is 1.47 bits per heavy atom. The molecule has 17 heavy (non-hydrogen) atoms. The monoisotopic (exact) mass is 299 g/mol. The van der Waals surface area contributed by atoms with E-state index in [1.807, 2.05) is 0 Å². The number of alkyl halides is 1. The number of aryl methyl sites for hydroxylation is 1. The number of amides is 1. The Labute approximate surface area is 109 Å². The van der Waals surface area contributed by atoms with Crippen LogP contribution < -0.4 is 5.32 Å². The van der Waals surface area contributed by atoms with E-state index in [9.17, 15) is 9.18 Å². The van der Waals surface area contributed by atoms with Gasteiger partial charge in [0.25, 0.3) is 5.91 Å². The number of rotatable bonds is 2. The topological polar surface area (TPSA) is 29.1 Å². The third kappa shape index (κ3) is 2.86. The summed E-state index contributed by atoms with van der Waals surface area (Å²) >= 11 is 3.56. The van der Waals surface area contributed by atoms with E-state index in [2.05, 4.69) is 21.2 Å². The molecule has 0 aliphatic heterocycles. The maximum atomic E-state index is 12.9. The Kier molecular flexibility index (Phi) is 3.82. The van der Waals surface area contributed by atoms with Gasteiger partial charge in [0.15, 0.2) is 0 Å². The highest BCUT2D eigenvalue weighted by Crippen LogP contribution is 2.26. The maximum Gasteiger partial charge on any atom is 0.251 e. The van der Waals surface area contributed by atoms with Crippen LogP contribution in [0.3, 0.4) is 0 Å². The summed E-state index contributed by atoms with van der Waals surface area (Å²) in [4.78, 5) is 12.4. The Hall–Kier alpha value is -0.900. The molecule has 0 aromatic heterocycles. The van der Waals surface area contributed by atoms with Crippen molar-refractivity contribution >= 4 is 21.8 Å². The number of halogens is 2. The zero-order valence-corrected chi connectivity index (χ0v) is 11.3. The lowest BCUT2D eigenvalue weighted by Crippen LogP contribution is -2.37. The zero-order chi connectivity index (χ0) is 12.4. The Bertz CT molecular complexity index is 435. The van der Waals surface area contributed by atoms with Gasteiger partial charge < -0.3 is 5.32 Å². The molecule has 1 N–H and O–H groups in total. The van der Waals surface area contributed by atoms with Crippen molar-refractivity contribution in [1.82, 2.24) is 5.32 Å². The van der Waals surface area contributed by atoms with Gasteiger partial charge in [0, 0.05) is 16.4 Å². The highest BCUT2D eigenvalue weighted by atomic mass is 79.9. The lowest BCUT2D eigenvalue weighted by Gasteiger charge is -2.16. The van der Waals surface area contributed by atoms with Crippen LogP contribution >= 0.6 is 15.9 Å². The van der Waals surface area contributed by atoms with Crippen molar-refractivity contribution in [3.05, 3.63) is 35.1 Å². The Morgan fingerprint density at radius 2 is 2.24 bits per heavy atom. The molecule has 0 heterocycles. The van der Waals surface area contributed by atoms with Crippen molar-refractivity contribution in [1.29, 1.82) is 0 Å². The van der Waals surface area contributed by atoms with Crippen LogP contribution in [0.4, 0.5) is 4.39 Å². The van der Waals surface area contributed by atoms with Gasteiger partial charge in [0.05, 0.1) is 0 Å². The zero-order valence-electron chi connectivity index (χ0n) is 9.67. The quantitative estimate of drug-likeness (QED) is 0.835. The average Bonchev–Trinajstić information content (AvgIpc) is 2.64. The van der Waals surface area contributed by atoms with E-state index in [1.165, 1.54) is 18.2 Å². The van der Waals surface area contributed by atoms with Crippen molar-refractivity contribution in [2.75, 3.05) is 0 Å². The summed E-state index contributed by atoms with van der Waals surface area (Å²) in [5.74, 6) is -0.419. The molecule has 4 heteroatoms. The number of carbonyl (C=O) groups is 1. The summed E-state index contributed by atoms with van der Waals surface area (Å²) in [6.45, 7) is 1.75. The fourth-order valence-electron chi connectivity index (χ4n) is 2.21. The third-order valence-corrected chi connectivity index (χ3v) is 4.28. The van der Waals surface area contributed by atoms with Crippen molar-refractivity contribution in [3.8, 4) is 0 Å². The van der Waals surface area contributed by atoms with Gasteiger partial charge >= 0.3 is 0 Å². The van der Waals surface area contributed by atoms with Crippen LogP contribution in [0.2, 0.25) is 0 Å². The molecule has 0 saturated heterocycles. The molecular weight excluding hydrogens is 285 g/mol. The van der Waals surface area contributed by atoms with Gasteiger partial charge in [-0.05, 0) is 43.5 Å². The molecule has 0 radical (unpaired) electrons. The lowest BCUT2D eigenvalue weighted by molar-refractivity contribution is 0.0938. The second-order valence-electron chi connectivity index (χ2n) is 4.49. The first-order chi connectivity index (χ1) is 8.08. The number of hydrogen-bond acceptors (Lipinski definition) is 1. The minimum absolute atomic E-state index is 0.112. The lowest BCUT2D eigenvalue weighted by atomic mass is 10.1. The van der Waals surface area contributed by atoms with E-state index in [1.54, 1.807) is 6.92 Å². The molecule has 1 amide bonds. The predicted octanol–water partition coefficient (Wildman–Crippen LogP) is 3.18. The van der Waals surface area contributed by atoms with Crippen LogP contribution in [0.15, 0.2) is 18.2 Å². The minimum Gasteiger partial charge on any atom is -0.348 e. The number of nitrogens with one attached hydrogen (secondary N) is 1. The van der Waals surface area contributed by atoms with E-state index in [0.29, 0.717) is 16.0 Å². The first-order valence-electron chi connectivity index (χ1n) is 5.79. The van der Waals surface area contributed by atoms with E-state index in [-0.39, 0.29) is 17.8 Å². The largest absolute Gasteiger partial charge is 0.348 e. The third-order valence-electron chi connectivity index (χ3n) is 3.18. The van der Waals surface area contributed by atoms with Crippen LogP contribution in [0.25, 0.3) is 0 Å². The molecule has 2 rings (SSSR count). The predicted molar refractivity (Wildman–Crippen MR) is 69.0 cm³/mol. The van der Waals surface area contributed by atoms with Crippen LogP contribution in [-0.2, 0) is 0 Å². The van der Waals surface area contributed by atoms with Gasteiger partial charge in [-0.1, -0.05) is 22.4 Å². The van der Waals surface area contributed by atoms with Crippen LogP contribution in [0, 0.1) is 12.7 Å². The molecule has 1 aromatic rings. The molecule has 92 valence electrons. The smallest absolute Gasteiger partial charge is 0.251 e. The highest BCUT2D eigenvalue weighted by molar-refractivity contribution is 9.09. The van der Waals surface area contributed by atoms with Crippen LogP contribution in [-0.4, -0.2) is 16.8 Å². The Morgan fingerprint density at radius 3 is 2.82 bits per heavy atom. The molecule has 0 bridgehead atoms. The van der Waals surface area contributed by atoms with Gasteiger partial charge in [-0.25, -0.2) is 4.39 Å². The summed E-state index contributed by atoms with van der Waals surface area (Å²) in [6, 6.07) is 4.43. The van der Waals surface area contributed by atoms with Crippen LogP contribution in [0.1, 0.15) is 35.2 Å². The van der Waals surface area contributed by atoms with Gasteiger partial charge in [0.2, 0.25) is 0 Å². The minimum atomic E-state index is -0.307. The van der Waals surface area contributed by atoms with Crippen molar-refractivity contribution < 1.29 is 9.18 Å². The van der Waals surface area contributed by atoms with E-state index >= 15 is 0 Å². The molecule has 0 spiro atoms. The molecule has 1 aromatic carbocycles. The SMILES string of the molecule is Cc1cc(F)ccc1C(=O)NC1CCCC1Br. The molecule has 2 unspecified atom stereocenters. The summed E-state index contributed by atoms with van der Waals surface area (Å²) in [7, 11) is 0. The van der Waals surface area contributed by atoms with E-state index in [4.69, 9.17) is 0 Å². The van der Waals surface area contributed by atoms with E-state index < -0.39 is 0 Å². The molecule has 2 atom stereocenters. The molecule has 1 fully saturated rings. The standard InChI is InChI=1S/C13H15BrFNO/c1-8-7-9(15)5-6-10(8)13(17)16-12-4-2-3-11(12)14/h5-7,11-12H,2-4H2,1H3,(H,16,17). The fraction of sp³-hybridized carbons (Fsp3) is 0.462. The summed E-state index contributed by atoms with van der Waals surface area (Å²) in [6.07, 6.45) is 3.22. The van der Waals surface area contributed by atoms with E-state index in [0.717, 1.165) is 19.3 Å². The summed E-state index contributed by atoms with van der Waals surface area (Å²) in [5.41, 5.74) is 1.23. The second-order valence-corrected chi connectivity index (χ2v) is 5.66. The van der Waals surface area contributed by atoms with Crippen molar-refractivity contribution in [3.63, 3.8) is 0 Å².